The Labute approximate surface area is 80.4 Å². The molecule has 0 aromatic heterocycles. The van der Waals surface area contributed by atoms with Gasteiger partial charge in [0.1, 0.15) is 6.61 Å². The van der Waals surface area contributed by atoms with Crippen molar-refractivity contribution in [1.82, 2.24) is 0 Å². The van der Waals surface area contributed by atoms with E-state index in [2.05, 4.69) is 20.8 Å². The molecule has 0 saturated carbocycles. The molecule has 78 valence electrons. The molecule has 1 heterocycles. The van der Waals surface area contributed by atoms with Crippen LogP contribution in [0.15, 0.2) is 0 Å². The molecule has 1 rings (SSSR count). The lowest BCUT2D eigenvalue weighted by Gasteiger charge is -2.27. The first-order valence-electron chi connectivity index (χ1n) is 4.84. The van der Waals surface area contributed by atoms with Crippen LogP contribution < -0.4 is 0 Å². The summed E-state index contributed by atoms with van der Waals surface area (Å²) in [5.41, 5.74) is -0.131. The lowest BCUT2D eigenvalue weighted by atomic mass is 10.1. The Balaban J connectivity index is 2.40. The highest BCUT2D eigenvalue weighted by Crippen LogP contribution is 2.27. The van der Waals surface area contributed by atoms with E-state index in [1.165, 1.54) is 0 Å². The van der Waals surface area contributed by atoms with E-state index in [1.807, 2.05) is 13.8 Å². The zero-order valence-electron chi connectivity index (χ0n) is 9.22. The first kappa shape index (κ1) is 11.0. The molecule has 0 aliphatic carbocycles. The molecule has 1 aliphatic rings. The van der Waals surface area contributed by atoms with E-state index < -0.39 is 5.79 Å². The maximum atomic E-state index is 5.74. The maximum absolute atomic E-state index is 5.74. The standard InChI is InChI=1S/C10H20O3/c1-6-9(2,3)12-8-7-11-10(4,5)13-8/h8H,6-7H2,1-5H3. The monoisotopic (exact) mass is 188 g/mol. The van der Waals surface area contributed by atoms with Crippen LogP contribution in [0.25, 0.3) is 0 Å². The largest absolute Gasteiger partial charge is 0.345 e. The first-order chi connectivity index (χ1) is 5.85. The fourth-order valence-corrected chi connectivity index (χ4v) is 1.15. The van der Waals surface area contributed by atoms with Crippen LogP contribution >= 0.6 is 0 Å². The fourth-order valence-electron chi connectivity index (χ4n) is 1.15. The summed E-state index contributed by atoms with van der Waals surface area (Å²) in [4.78, 5) is 0. The van der Waals surface area contributed by atoms with Crippen LogP contribution in [0.1, 0.15) is 41.0 Å². The summed E-state index contributed by atoms with van der Waals surface area (Å²) in [6.07, 6.45) is 0.748. The van der Waals surface area contributed by atoms with Crippen molar-refractivity contribution < 1.29 is 14.2 Å². The summed E-state index contributed by atoms with van der Waals surface area (Å²) in [6, 6.07) is 0. The van der Waals surface area contributed by atoms with Gasteiger partial charge in [-0.3, -0.25) is 0 Å². The molecule has 1 fully saturated rings. The van der Waals surface area contributed by atoms with Gasteiger partial charge >= 0.3 is 0 Å². The Hall–Kier alpha value is -0.120. The molecule has 0 radical (unpaired) electrons. The predicted molar refractivity (Wildman–Crippen MR) is 50.4 cm³/mol. The second kappa shape index (κ2) is 3.56. The van der Waals surface area contributed by atoms with Crippen LogP contribution in [-0.4, -0.2) is 24.3 Å². The minimum absolute atomic E-state index is 0.131. The van der Waals surface area contributed by atoms with Crippen molar-refractivity contribution in [2.75, 3.05) is 6.61 Å². The quantitative estimate of drug-likeness (QED) is 0.680. The first-order valence-corrected chi connectivity index (χ1v) is 4.84. The van der Waals surface area contributed by atoms with Crippen molar-refractivity contribution in [3.8, 4) is 0 Å². The normalized spacial score (nSPS) is 27.9. The van der Waals surface area contributed by atoms with Crippen molar-refractivity contribution in [1.29, 1.82) is 0 Å². The zero-order chi connectivity index (χ0) is 10.1. The molecule has 0 amide bonds. The molecule has 3 heteroatoms. The van der Waals surface area contributed by atoms with Gasteiger partial charge < -0.3 is 14.2 Å². The molecular weight excluding hydrogens is 168 g/mol. The van der Waals surface area contributed by atoms with Crippen LogP contribution in [0.3, 0.4) is 0 Å². The molecular formula is C10H20O3. The molecule has 1 atom stereocenters. The highest BCUT2D eigenvalue weighted by molar-refractivity contribution is 4.70. The Morgan fingerprint density at radius 1 is 1.46 bits per heavy atom. The summed E-state index contributed by atoms with van der Waals surface area (Å²) in [6.45, 7) is 10.5. The Morgan fingerprint density at radius 3 is 2.46 bits per heavy atom. The zero-order valence-corrected chi connectivity index (χ0v) is 9.22. The molecule has 13 heavy (non-hydrogen) atoms. The number of rotatable bonds is 3. The summed E-state index contributed by atoms with van der Waals surface area (Å²) >= 11 is 0. The molecule has 1 saturated heterocycles. The SMILES string of the molecule is CCC(C)(C)OC1COC(C)(C)O1. The molecule has 1 unspecified atom stereocenters. The van der Waals surface area contributed by atoms with Gasteiger partial charge in [-0.05, 0) is 34.1 Å². The van der Waals surface area contributed by atoms with Crippen LogP contribution in [0, 0.1) is 0 Å². The van der Waals surface area contributed by atoms with Gasteiger partial charge in [0.05, 0.1) is 5.60 Å². The lowest BCUT2D eigenvalue weighted by Crippen LogP contribution is -2.32. The summed E-state index contributed by atoms with van der Waals surface area (Å²) < 4.78 is 16.7. The topological polar surface area (TPSA) is 27.7 Å². The van der Waals surface area contributed by atoms with E-state index in [0.29, 0.717) is 6.61 Å². The minimum atomic E-state index is -0.492. The van der Waals surface area contributed by atoms with Gasteiger partial charge in [0.25, 0.3) is 0 Å². The van der Waals surface area contributed by atoms with E-state index in [9.17, 15) is 0 Å². The molecule has 0 N–H and O–H groups in total. The van der Waals surface area contributed by atoms with Crippen molar-refractivity contribution in [3.63, 3.8) is 0 Å². The van der Waals surface area contributed by atoms with Crippen molar-refractivity contribution in [3.05, 3.63) is 0 Å². The summed E-state index contributed by atoms with van der Waals surface area (Å²) in [5.74, 6) is -0.492. The third kappa shape index (κ3) is 3.25. The second-order valence-corrected chi connectivity index (χ2v) is 4.49. The second-order valence-electron chi connectivity index (χ2n) is 4.49. The van der Waals surface area contributed by atoms with E-state index in [0.717, 1.165) is 6.42 Å². The minimum Gasteiger partial charge on any atom is -0.345 e. The number of hydrogen-bond acceptors (Lipinski definition) is 3. The molecule has 3 nitrogen and oxygen atoms in total. The molecule has 0 aromatic rings. The van der Waals surface area contributed by atoms with Gasteiger partial charge in [-0.25, -0.2) is 0 Å². The third-order valence-corrected chi connectivity index (χ3v) is 2.28. The van der Waals surface area contributed by atoms with Gasteiger partial charge in [-0.15, -0.1) is 0 Å². The average Bonchev–Trinajstić information content (AvgIpc) is 2.29. The van der Waals surface area contributed by atoms with Gasteiger partial charge in [0.2, 0.25) is 0 Å². The van der Waals surface area contributed by atoms with Crippen molar-refractivity contribution >= 4 is 0 Å². The van der Waals surface area contributed by atoms with E-state index in [1.54, 1.807) is 0 Å². The Kier molecular flexibility index (Phi) is 3.00. The molecule has 0 bridgehead atoms. The molecule has 1 aliphatic heterocycles. The fraction of sp³-hybridized carbons (Fsp3) is 1.00. The van der Waals surface area contributed by atoms with E-state index >= 15 is 0 Å². The van der Waals surface area contributed by atoms with E-state index in [-0.39, 0.29) is 11.9 Å². The van der Waals surface area contributed by atoms with Crippen molar-refractivity contribution in [2.24, 2.45) is 0 Å². The smallest absolute Gasteiger partial charge is 0.184 e. The van der Waals surface area contributed by atoms with Gasteiger partial charge in [0, 0.05) is 0 Å². The van der Waals surface area contributed by atoms with Gasteiger partial charge in [0.15, 0.2) is 12.1 Å². The lowest BCUT2D eigenvalue weighted by molar-refractivity contribution is -0.222. The van der Waals surface area contributed by atoms with Crippen LogP contribution in [0.2, 0.25) is 0 Å². The van der Waals surface area contributed by atoms with Gasteiger partial charge in [-0.2, -0.15) is 0 Å². The maximum Gasteiger partial charge on any atom is 0.184 e. The van der Waals surface area contributed by atoms with Crippen LogP contribution in [0.4, 0.5) is 0 Å². The molecule has 0 spiro atoms. The number of ether oxygens (including phenoxy) is 3. The number of hydrogen-bond donors (Lipinski definition) is 0. The summed E-state index contributed by atoms with van der Waals surface area (Å²) in [7, 11) is 0. The molecule has 0 aromatic carbocycles. The average molecular weight is 188 g/mol. The van der Waals surface area contributed by atoms with Crippen molar-refractivity contribution in [2.45, 2.75) is 58.7 Å². The highest BCUT2D eigenvalue weighted by Gasteiger charge is 2.36. The third-order valence-electron chi connectivity index (χ3n) is 2.28. The van der Waals surface area contributed by atoms with Gasteiger partial charge in [-0.1, -0.05) is 6.92 Å². The predicted octanol–water partition coefficient (Wildman–Crippen LogP) is 2.30. The van der Waals surface area contributed by atoms with Crippen LogP contribution in [-0.2, 0) is 14.2 Å². The summed E-state index contributed by atoms with van der Waals surface area (Å²) in [5, 5.41) is 0. The van der Waals surface area contributed by atoms with E-state index in [4.69, 9.17) is 14.2 Å². The van der Waals surface area contributed by atoms with Crippen LogP contribution in [0.5, 0.6) is 0 Å². The highest BCUT2D eigenvalue weighted by atomic mass is 16.8. The Bertz CT molecular complexity index is 175. The Morgan fingerprint density at radius 2 is 2.08 bits per heavy atom.